The summed E-state index contributed by atoms with van der Waals surface area (Å²) < 4.78 is 5.41. The lowest BCUT2D eigenvalue weighted by molar-refractivity contribution is 0.0847. The Balaban J connectivity index is 2.19. The Labute approximate surface area is 81.2 Å². The minimum atomic E-state index is 0.434. The lowest BCUT2D eigenvalue weighted by Gasteiger charge is -2.21. The highest BCUT2D eigenvalue weighted by Crippen LogP contribution is 2.21. The van der Waals surface area contributed by atoms with E-state index in [4.69, 9.17) is 4.74 Å². The normalized spacial score (nSPS) is 30.7. The van der Waals surface area contributed by atoms with Crippen LogP contribution in [-0.2, 0) is 4.74 Å². The highest BCUT2D eigenvalue weighted by Gasteiger charge is 2.26. The molecule has 3 heteroatoms. The third-order valence-corrected chi connectivity index (χ3v) is 2.93. The Morgan fingerprint density at radius 2 is 2.23 bits per heavy atom. The zero-order valence-corrected chi connectivity index (χ0v) is 8.97. The van der Waals surface area contributed by atoms with Crippen molar-refractivity contribution in [1.82, 2.24) is 10.6 Å². The van der Waals surface area contributed by atoms with Crippen molar-refractivity contribution < 1.29 is 4.74 Å². The van der Waals surface area contributed by atoms with E-state index in [0.717, 1.165) is 6.54 Å². The van der Waals surface area contributed by atoms with Crippen molar-refractivity contribution in [3.8, 4) is 0 Å². The Hall–Kier alpha value is -0.120. The molecular weight excluding hydrogens is 164 g/mol. The van der Waals surface area contributed by atoms with Crippen LogP contribution in [0.3, 0.4) is 0 Å². The van der Waals surface area contributed by atoms with Gasteiger partial charge < -0.3 is 15.4 Å². The summed E-state index contributed by atoms with van der Waals surface area (Å²) in [6.07, 6.45) is 4.20. The summed E-state index contributed by atoms with van der Waals surface area (Å²) in [7, 11) is 3.81. The van der Waals surface area contributed by atoms with Crippen LogP contribution in [0.2, 0.25) is 0 Å². The van der Waals surface area contributed by atoms with Crippen molar-refractivity contribution in [3.63, 3.8) is 0 Å². The highest BCUT2D eigenvalue weighted by molar-refractivity contribution is 4.84. The van der Waals surface area contributed by atoms with Gasteiger partial charge in [0.1, 0.15) is 0 Å². The molecule has 0 aliphatic heterocycles. The number of nitrogens with one attached hydrogen (secondary N) is 2. The third kappa shape index (κ3) is 3.25. The van der Waals surface area contributed by atoms with E-state index in [2.05, 4.69) is 17.6 Å². The molecule has 0 aromatic carbocycles. The molecule has 1 rings (SSSR count). The molecule has 0 aromatic heterocycles. The quantitative estimate of drug-likeness (QED) is 0.665. The third-order valence-electron chi connectivity index (χ3n) is 2.93. The minimum Gasteiger partial charge on any atom is -0.380 e. The fourth-order valence-corrected chi connectivity index (χ4v) is 1.87. The molecule has 0 amide bonds. The predicted octanol–water partition coefficient (Wildman–Crippen LogP) is 0.751. The number of hydrogen-bond acceptors (Lipinski definition) is 3. The van der Waals surface area contributed by atoms with E-state index in [1.807, 2.05) is 14.2 Å². The molecule has 1 aliphatic rings. The van der Waals surface area contributed by atoms with E-state index in [0.29, 0.717) is 18.2 Å². The first-order chi connectivity index (χ1) is 6.27. The molecule has 2 N–H and O–H groups in total. The van der Waals surface area contributed by atoms with Gasteiger partial charge >= 0.3 is 0 Å². The molecule has 0 spiro atoms. The average molecular weight is 186 g/mol. The molecule has 3 nitrogen and oxygen atoms in total. The Morgan fingerprint density at radius 1 is 1.46 bits per heavy atom. The van der Waals surface area contributed by atoms with E-state index in [1.165, 1.54) is 19.3 Å². The van der Waals surface area contributed by atoms with Crippen molar-refractivity contribution >= 4 is 0 Å². The van der Waals surface area contributed by atoms with Gasteiger partial charge in [-0.3, -0.25) is 0 Å². The minimum absolute atomic E-state index is 0.434. The Kier molecular flexibility index (Phi) is 4.70. The summed E-state index contributed by atoms with van der Waals surface area (Å²) in [5.74, 6) is 0. The second-order valence-electron chi connectivity index (χ2n) is 3.91. The molecule has 1 saturated carbocycles. The van der Waals surface area contributed by atoms with Gasteiger partial charge in [-0.05, 0) is 33.2 Å². The molecule has 78 valence electrons. The highest BCUT2D eigenvalue weighted by atomic mass is 16.5. The molecular formula is C10H22N2O. The molecule has 3 atom stereocenters. The van der Waals surface area contributed by atoms with Crippen LogP contribution in [0.5, 0.6) is 0 Å². The number of hydrogen-bond donors (Lipinski definition) is 2. The molecule has 3 unspecified atom stereocenters. The van der Waals surface area contributed by atoms with Gasteiger partial charge in [0.2, 0.25) is 0 Å². The zero-order chi connectivity index (χ0) is 9.68. The maximum Gasteiger partial charge on any atom is 0.0724 e. The second-order valence-corrected chi connectivity index (χ2v) is 3.91. The number of methoxy groups -OCH3 is 1. The zero-order valence-electron chi connectivity index (χ0n) is 8.97. The standard InChI is InChI=1S/C10H22N2O/c1-8(11-2)7-12-9-5-4-6-10(9)13-3/h8-12H,4-7H2,1-3H3. The first-order valence-electron chi connectivity index (χ1n) is 5.21. The topological polar surface area (TPSA) is 33.3 Å². The van der Waals surface area contributed by atoms with Crippen LogP contribution in [0.4, 0.5) is 0 Å². The van der Waals surface area contributed by atoms with E-state index in [9.17, 15) is 0 Å². The molecule has 0 bridgehead atoms. The van der Waals surface area contributed by atoms with Gasteiger partial charge in [-0.15, -0.1) is 0 Å². The van der Waals surface area contributed by atoms with Crippen LogP contribution >= 0.6 is 0 Å². The first-order valence-corrected chi connectivity index (χ1v) is 5.21. The van der Waals surface area contributed by atoms with E-state index in [-0.39, 0.29) is 0 Å². The number of ether oxygens (including phenoxy) is 1. The Bertz CT molecular complexity index is 141. The van der Waals surface area contributed by atoms with Gasteiger partial charge in [0.05, 0.1) is 6.10 Å². The van der Waals surface area contributed by atoms with Crippen LogP contribution < -0.4 is 10.6 Å². The SMILES string of the molecule is CNC(C)CNC1CCCC1OC. The second kappa shape index (κ2) is 5.58. The van der Waals surface area contributed by atoms with Crippen molar-refractivity contribution in [2.45, 2.75) is 44.4 Å². The van der Waals surface area contributed by atoms with Crippen molar-refractivity contribution in [2.24, 2.45) is 0 Å². The molecule has 0 saturated heterocycles. The van der Waals surface area contributed by atoms with Gasteiger partial charge in [0, 0.05) is 25.7 Å². The summed E-state index contributed by atoms with van der Waals surface area (Å²) in [5, 5.41) is 6.76. The lowest BCUT2D eigenvalue weighted by atomic mass is 10.2. The maximum absolute atomic E-state index is 5.41. The fraction of sp³-hybridized carbons (Fsp3) is 1.00. The van der Waals surface area contributed by atoms with E-state index >= 15 is 0 Å². The van der Waals surface area contributed by atoms with Crippen LogP contribution in [0, 0.1) is 0 Å². The van der Waals surface area contributed by atoms with E-state index < -0.39 is 0 Å². The average Bonchev–Trinajstić information content (AvgIpc) is 2.61. The lowest BCUT2D eigenvalue weighted by Crippen LogP contribution is -2.43. The Morgan fingerprint density at radius 3 is 2.85 bits per heavy atom. The summed E-state index contributed by atoms with van der Waals surface area (Å²) in [6.45, 7) is 3.21. The largest absolute Gasteiger partial charge is 0.380 e. The predicted molar refractivity (Wildman–Crippen MR) is 55.0 cm³/mol. The van der Waals surface area contributed by atoms with Crippen molar-refractivity contribution in [1.29, 1.82) is 0 Å². The smallest absolute Gasteiger partial charge is 0.0724 e. The number of rotatable bonds is 5. The van der Waals surface area contributed by atoms with Crippen LogP contribution in [0.25, 0.3) is 0 Å². The summed E-state index contributed by atoms with van der Waals surface area (Å²) in [4.78, 5) is 0. The summed E-state index contributed by atoms with van der Waals surface area (Å²) in [5.41, 5.74) is 0. The van der Waals surface area contributed by atoms with Gasteiger partial charge in [0.15, 0.2) is 0 Å². The summed E-state index contributed by atoms with van der Waals surface area (Å²) in [6, 6.07) is 1.11. The van der Waals surface area contributed by atoms with Gasteiger partial charge in [-0.25, -0.2) is 0 Å². The van der Waals surface area contributed by atoms with Crippen LogP contribution in [0.15, 0.2) is 0 Å². The molecule has 0 radical (unpaired) electrons. The monoisotopic (exact) mass is 186 g/mol. The fourth-order valence-electron chi connectivity index (χ4n) is 1.87. The molecule has 0 heterocycles. The first kappa shape index (κ1) is 11.0. The number of likely N-dealkylation sites (N-methyl/N-ethyl adjacent to an activating group) is 1. The molecule has 0 aromatic rings. The van der Waals surface area contributed by atoms with E-state index in [1.54, 1.807) is 0 Å². The van der Waals surface area contributed by atoms with Crippen molar-refractivity contribution in [3.05, 3.63) is 0 Å². The van der Waals surface area contributed by atoms with Crippen LogP contribution in [-0.4, -0.2) is 38.9 Å². The van der Waals surface area contributed by atoms with Crippen molar-refractivity contribution in [2.75, 3.05) is 20.7 Å². The summed E-state index contributed by atoms with van der Waals surface area (Å²) >= 11 is 0. The molecule has 1 fully saturated rings. The van der Waals surface area contributed by atoms with Gasteiger partial charge in [-0.1, -0.05) is 0 Å². The van der Waals surface area contributed by atoms with Crippen LogP contribution in [0.1, 0.15) is 26.2 Å². The van der Waals surface area contributed by atoms with Gasteiger partial charge in [-0.2, -0.15) is 0 Å². The maximum atomic E-state index is 5.41. The molecule has 13 heavy (non-hydrogen) atoms. The molecule has 1 aliphatic carbocycles. The van der Waals surface area contributed by atoms with Gasteiger partial charge in [0.25, 0.3) is 0 Å².